The largest absolute Gasteiger partial charge is 0.399 e. The van der Waals surface area contributed by atoms with Gasteiger partial charge in [0.2, 0.25) is 0 Å². The van der Waals surface area contributed by atoms with Gasteiger partial charge in [0.1, 0.15) is 5.82 Å². The Kier molecular flexibility index (Phi) is 3.00. The lowest BCUT2D eigenvalue weighted by atomic mass is 9.78. The van der Waals surface area contributed by atoms with E-state index in [4.69, 9.17) is 10.7 Å². The molecule has 3 unspecified atom stereocenters. The van der Waals surface area contributed by atoms with Crippen LogP contribution in [0.2, 0.25) is 0 Å². The van der Waals surface area contributed by atoms with E-state index in [1.54, 1.807) is 0 Å². The molecule has 102 valence electrons. The summed E-state index contributed by atoms with van der Waals surface area (Å²) < 4.78 is 2.44. The van der Waals surface area contributed by atoms with E-state index in [1.807, 2.05) is 12.1 Å². The first-order valence-corrected chi connectivity index (χ1v) is 7.32. The van der Waals surface area contributed by atoms with Gasteiger partial charge in [-0.3, -0.25) is 0 Å². The first-order chi connectivity index (χ1) is 9.08. The number of nitrogens with zero attached hydrogens (tertiary/aromatic N) is 2. The Morgan fingerprint density at radius 3 is 2.84 bits per heavy atom. The first kappa shape index (κ1) is 12.5. The minimum absolute atomic E-state index is 0.581. The molecule has 0 aliphatic heterocycles. The monoisotopic (exact) mass is 257 g/mol. The van der Waals surface area contributed by atoms with Crippen molar-refractivity contribution in [1.82, 2.24) is 9.55 Å². The highest BCUT2D eigenvalue weighted by atomic mass is 15.1. The van der Waals surface area contributed by atoms with Crippen LogP contribution < -0.4 is 5.73 Å². The molecule has 1 heterocycles. The number of imidazole rings is 1. The summed E-state index contributed by atoms with van der Waals surface area (Å²) in [6, 6.07) is 6.67. The number of hydrogen-bond acceptors (Lipinski definition) is 2. The van der Waals surface area contributed by atoms with Gasteiger partial charge in [-0.05, 0) is 43.4 Å². The van der Waals surface area contributed by atoms with Crippen molar-refractivity contribution in [1.29, 1.82) is 0 Å². The molecule has 0 saturated heterocycles. The Hall–Kier alpha value is -1.51. The van der Waals surface area contributed by atoms with Crippen LogP contribution in [0.15, 0.2) is 18.2 Å². The van der Waals surface area contributed by atoms with E-state index in [2.05, 4.69) is 31.4 Å². The summed E-state index contributed by atoms with van der Waals surface area (Å²) >= 11 is 0. The normalized spacial score (nSPS) is 27.8. The lowest BCUT2D eigenvalue weighted by molar-refractivity contribution is 0.187. The van der Waals surface area contributed by atoms with Gasteiger partial charge in [-0.15, -0.1) is 0 Å². The van der Waals surface area contributed by atoms with Crippen LogP contribution in [-0.4, -0.2) is 9.55 Å². The number of rotatable bonds is 1. The Balaban J connectivity index is 2.11. The van der Waals surface area contributed by atoms with Crippen molar-refractivity contribution >= 4 is 16.7 Å². The zero-order valence-electron chi connectivity index (χ0n) is 12.1. The van der Waals surface area contributed by atoms with Crippen LogP contribution in [0.25, 0.3) is 11.0 Å². The standard InChI is InChI=1S/C16H23N3/c1-10-5-4-6-15(11(10)2)19-12(3)18-14-9-13(17)7-8-16(14)19/h7-11,15H,4-6,17H2,1-3H3. The van der Waals surface area contributed by atoms with Crippen LogP contribution >= 0.6 is 0 Å². The smallest absolute Gasteiger partial charge is 0.106 e. The summed E-state index contributed by atoms with van der Waals surface area (Å²) in [7, 11) is 0. The Morgan fingerprint density at radius 1 is 1.26 bits per heavy atom. The van der Waals surface area contributed by atoms with Gasteiger partial charge in [-0.1, -0.05) is 26.7 Å². The summed E-state index contributed by atoms with van der Waals surface area (Å²) in [6.45, 7) is 6.88. The highest BCUT2D eigenvalue weighted by Crippen LogP contribution is 2.39. The second-order valence-corrected chi connectivity index (χ2v) is 6.11. The lowest BCUT2D eigenvalue weighted by Crippen LogP contribution is -2.27. The predicted molar refractivity (Wildman–Crippen MR) is 80.1 cm³/mol. The van der Waals surface area contributed by atoms with E-state index < -0.39 is 0 Å². The van der Waals surface area contributed by atoms with Gasteiger partial charge < -0.3 is 10.3 Å². The molecule has 2 aromatic rings. The Bertz CT molecular complexity index is 599. The molecule has 3 heteroatoms. The van der Waals surface area contributed by atoms with E-state index in [1.165, 1.54) is 24.8 Å². The van der Waals surface area contributed by atoms with Crippen LogP contribution in [0.4, 0.5) is 5.69 Å². The Morgan fingerprint density at radius 2 is 2.05 bits per heavy atom. The fourth-order valence-corrected chi connectivity index (χ4v) is 3.57. The summed E-state index contributed by atoms with van der Waals surface area (Å²) in [5.74, 6) is 2.62. The summed E-state index contributed by atoms with van der Waals surface area (Å²) in [4.78, 5) is 4.69. The maximum Gasteiger partial charge on any atom is 0.106 e. The summed E-state index contributed by atoms with van der Waals surface area (Å²) in [5.41, 5.74) is 8.92. The van der Waals surface area contributed by atoms with Crippen LogP contribution in [0.5, 0.6) is 0 Å². The fraction of sp³-hybridized carbons (Fsp3) is 0.562. The van der Waals surface area contributed by atoms with Gasteiger partial charge in [0, 0.05) is 11.7 Å². The van der Waals surface area contributed by atoms with Crippen molar-refractivity contribution in [2.75, 3.05) is 5.73 Å². The van der Waals surface area contributed by atoms with Gasteiger partial charge in [0.25, 0.3) is 0 Å². The third-order valence-electron chi connectivity index (χ3n) is 4.89. The third kappa shape index (κ3) is 2.01. The van der Waals surface area contributed by atoms with Crippen molar-refractivity contribution in [2.45, 2.75) is 46.1 Å². The highest BCUT2D eigenvalue weighted by molar-refractivity contribution is 5.79. The molecular formula is C16H23N3. The second-order valence-electron chi connectivity index (χ2n) is 6.11. The van der Waals surface area contributed by atoms with Crippen LogP contribution in [0.3, 0.4) is 0 Å². The van der Waals surface area contributed by atoms with Gasteiger partial charge >= 0.3 is 0 Å². The number of anilines is 1. The number of hydrogen-bond donors (Lipinski definition) is 1. The number of nitrogens with two attached hydrogens (primary N) is 1. The van der Waals surface area contributed by atoms with Crippen LogP contribution in [0.1, 0.15) is 45.0 Å². The van der Waals surface area contributed by atoms with E-state index in [-0.39, 0.29) is 0 Å². The van der Waals surface area contributed by atoms with Crippen LogP contribution in [0, 0.1) is 18.8 Å². The summed E-state index contributed by atoms with van der Waals surface area (Å²) in [6.07, 6.45) is 3.95. The number of aryl methyl sites for hydroxylation is 1. The van der Waals surface area contributed by atoms with E-state index in [9.17, 15) is 0 Å². The molecule has 0 spiro atoms. The van der Waals surface area contributed by atoms with E-state index in [0.29, 0.717) is 12.0 Å². The maximum atomic E-state index is 5.86. The maximum absolute atomic E-state index is 5.86. The molecule has 1 aromatic heterocycles. The minimum atomic E-state index is 0.581. The lowest BCUT2D eigenvalue weighted by Gasteiger charge is -2.36. The van der Waals surface area contributed by atoms with Gasteiger partial charge in [0.05, 0.1) is 11.0 Å². The Labute approximate surface area is 114 Å². The average Bonchev–Trinajstić information content (AvgIpc) is 2.68. The molecule has 3 nitrogen and oxygen atoms in total. The van der Waals surface area contributed by atoms with Crippen molar-refractivity contribution in [3.05, 3.63) is 24.0 Å². The van der Waals surface area contributed by atoms with Gasteiger partial charge in [-0.2, -0.15) is 0 Å². The fourth-order valence-electron chi connectivity index (χ4n) is 3.57. The molecule has 3 atom stereocenters. The molecule has 1 aliphatic rings. The van der Waals surface area contributed by atoms with E-state index in [0.717, 1.165) is 22.9 Å². The van der Waals surface area contributed by atoms with Crippen molar-refractivity contribution in [3.8, 4) is 0 Å². The predicted octanol–water partition coefficient (Wildman–Crippen LogP) is 3.92. The SMILES string of the molecule is Cc1nc2cc(N)ccc2n1C1CCCC(C)C1C. The summed E-state index contributed by atoms with van der Waals surface area (Å²) in [5, 5.41) is 0. The molecule has 1 aliphatic carbocycles. The average molecular weight is 257 g/mol. The second kappa shape index (κ2) is 4.55. The van der Waals surface area contributed by atoms with Crippen molar-refractivity contribution in [2.24, 2.45) is 11.8 Å². The van der Waals surface area contributed by atoms with Crippen molar-refractivity contribution < 1.29 is 0 Å². The molecule has 1 fully saturated rings. The van der Waals surface area contributed by atoms with Gasteiger partial charge in [0.15, 0.2) is 0 Å². The van der Waals surface area contributed by atoms with E-state index >= 15 is 0 Å². The first-order valence-electron chi connectivity index (χ1n) is 7.32. The number of aromatic nitrogens is 2. The molecule has 19 heavy (non-hydrogen) atoms. The molecule has 0 bridgehead atoms. The highest BCUT2D eigenvalue weighted by Gasteiger charge is 2.30. The third-order valence-corrected chi connectivity index (χ3v) is 4.89. The number of nitrogen functional groups attached to an aromatic ring is 1. The molecule has 0 amide bonds. The molecule has 0 radical (unpaired) electrons. The zero-order chi connectivity index (χ0) is 13.6. The number of benzene rings is 1. The van der Waals surface area contributed by atoms with Crippen molar-refractivity contribution in [3.63, 3.8) is 0 Å². The quantitative estimate of drug-likeness (QED) is 0.787. The molecular weight excluding hydrogens is 234 g/mol. The number of fused-ring (bicyclic) bond motifs is 1. The van der Waals surface area contributed by atoms with Gasteiger partial charge in [-0.25, -0.2) is 4.98 Å². The molecule has 1 aromatic carbocycles. The zero-order valence-corrected chi connectivity index (χ0v) is 12.1. The molecule has 2 N–H and O–H groups in total. The van der Waals surface area contributed by atoms with Crippen LogP contribution in [-0.2, 0) is 0 Å². The topological polar surface area (TPSA) is 43.8 Å². The molecule has 3 rings (SSSR count). The minimum Gasteiger partial charge on any atom is -0.399 e. The molecule has 1 saturated carbocycles.